The second kappa shape index (κ2) is 10.0. The maximum Gasteiger partial charge on any atom is 0.421 e. The molecule has 1 atom stereocenters. The van der Waals surface area contributed by atoms with Crippen LogP contribution in [0.4, 0.5) is 36.3 Å². The number of para-hydroxylation sites is 1. The van der Waals surface area contributed by atoms with Crippen LogP contribution in [0, 0.1) is 5.92 Å². The van der Waals surface area contributed by atoms with E-state index in [0.29, 0.717) is 17.3 Å². The van der Waals surface area contributed by atoms with Crippen molar-refractivity contribution in [2.75, 3.05) is 10.6 Å². The van der Waals surface area contributed by atoms with E-state index in [1.54, 1.807) is 12.1 Å². The Morgan fingerprint density at radius 1 is 0.938 bits per heavy atom. The minimum Gasteiger partial charge on any atom is -0.339 e. The van der Waals surface area contributed by atoms with Crippen LogP contribution in [-0.2, 0) is 12.6 Å². The third-order valence-corrected chi connectivity index (χ3v) is 5.31. The number of benzene rings is 2. The number of alkyl halides is 3. The maximum atomic E-state index is 13.6. The Bertz CT molecular complexity index is 1030. The molecule has 0 fully saturated rings. The number of hydrogen-bond acceptors (Lipinski definition) is 4. The van der Waals surface area contributed by atoms with Crippen LogP contribution in [0.15, 0.2) is 54.7 Å². The molecule has 1 unspecified atom stereocenters. The first kappa shape index (κ1) is 23.6. The third kappa shape index (κ3) is 5.99. The van der Waals surface area contributed by atoms with Gasteiger partial charge in [-0.05, 0) is 54.0 Å². The number of hydrogen-bond donors (Lipinski definition) is 2. The number of nitrogens with one attached hydrogen (secondary N) is 2. The first-order chi connectivity index (χ1) is 15.2. The fourth-order valence-corrected chi connectivity index (χ4v) is 3.46. The minimum absolute atomic E-state index is 0.0955. The predicted octanol–water partition coefficient (Wildman–Crippen LogP) is 7.69. The molecule has 0 aliphatic heterocycles. The van der Waals surface area contributed by atoms with Gasteiger partial charge in [-0.15, -0.1) is 0 Å². The summed E-state index contributed by atoms with van der Waals surface area (Å²) in [6, 6.07) is 15.1. The SMILES string of the molecule is CCC(C)c1ccccc1Nc1nc(Nc2ccc(CC(C)C)cc2)ncc1C(F)(F)F. The quantitative estimate of drug-likeness (QED) is 0.375. The van der Waals surface area contributed by atoms with E-state index >= 15 is 0 Å². The lowest BCUT2D eigenvalue weighted by Gasteiger charge is -2.19. The van der Waals surface area contributed by atoms with Crippen molar-refractivity contribution in [1.29, 1.82) is 0 Å². The lowest BCUT2D eigenvalue weighted by atomic mass is 9.97. The molecule has 7 heteroatoms. The summed E-state index contributed by atoms with van der Waals surface area (Å²) in [7, 11) is 0. The molecule has 0 spiro atoms. The van der Waals surface area contributed by atoms with E-state index in [1.165, 1.54) is 5.56 Å². The number of aromatic nitrogens is 2. The molecule has 1 heterocycles. The van der Waals surface area contributed by atoms with Gasteiger partial charge in [-0.1, -0.05) is 58.0 Å². The summed E-state index contributed by atoms with van der Waals surface area (Å²) in [5, 5.41) is 5.92. The number of rotatable bonds is 8. The number of halogens is 3. The van der Waals surface area contributed by atoms with Crippen molar-refractivity contribution in [3.05, 3.63) is 71.4 Å². The fraction of sp³-hybridized carbons (Fsp3) is 0.360. The Kier molecular flexibility index (Phi) is 7.38. The van der Waals surface area contributed by atoms with E-state index in [2.05, 4.69) is 34.4 Å². The van der Waals surface area contributed by atoms with Gasteiger partial charge in [0.15, 0.2) is 0 Å². The monoisotopic (exact) mass is 442 g/mol. The molecular weight excluding hydrogens is 413 g/mol. The highest BCUT2D eigenvalue weighted by Gasteiger charge is 2.35. The van der Waals surface area contributed by atoms with Gasteiger partial charge in [0, 0.05) is 17.6 Å². The molecular formula is C25H29F3N4. The largest absolute Gasteiger partial charge is 0.421 e. The van der Waals surface area contributed by atoms with E-state index in [-0.39, 0.29) is 17.7 Å². The summed E-state index contributed by atoms with van der Waals surface area (Å²) in [5.74, 6) is 0.552. The molecule has 2 N–H and O–H groups in total. The molecule has 0 amide bonds. The average molecular weight is 443 g/mol. The zero-order valence-electron chi connectivity index (χ0n) is 18.8. The lowest BCUT2D eigenvalue weighted by Crippen LogP contribution is -2.13. The second-order valence-corrected chi connectivity index (χ2v) is 8.40. The van der Waals surface area contributed by atoms with Crippen LogP contribution in [0.2, 0.25) is 0 Å². The number of anilines is 4. The Hall–Kier alpha value is -3.09. The zero-order valence-corrected chi connectivity index (χ0v) is 18.8. The minimum atomic E-state index is -4.58. The third-order valence-electron chi connectivity index (χ3n) is 5.31. The topological polar surface area (TPSA) is 49.8 Å². The van der Waals surface area contributed by atoms with Crippen molar-refractivity contribution >= 4 is 23.1 Å². The first-order valence-corrected chi connectivity index (χ1v) is 10.8. The van der Waals surface area contributed by atoms with Gasteiger partial charge in [-0.3, -0.25) is 0 Å². The van der Waals surface area contributed by atoms with Gasteiger partial charge in [0.25, 0.3) is 0 Å². The Morgan fingerprint density at radius 3 is 2.25 bits per heavy atom. The molecule has 0 saturated carbocycles. The van der Waals surface area contributed by atoms with Gasteiger partial charge in [0.2, 0.25) is 5.95 Å². The molecule has 3 rings (SSSR count). The van der Waals surface area contributed by atoms with Crippen LogP contribution < -0.4 is 10.6 Å². The Morgan fingerprint density at radius 2 is 1.62 bits per heavy atom. The van der Waals surface area contributed by atoms with Crippen LogP contribution in [0.25, 0.3) is 0 Å². The Labute approximate surface area is 187 Å². The first-order valence-electron chi connectivity index (χ1n) is 10.8. The molecule has 0 bridgehead atoms. The van der Waals surface area contributed by atoms with Crippen molar-refractivity contribution in [2.24, 2.45) is 5.92 Å². The van der Waals surface area contributed by atoms with Crippen LogP contribution in [0.5, 0.6) is 0 Å². The van der Waals surface area contributed by atoms with Crippen molar-refractivity contribution in [3.63, 3.8) is 0 Å². The van der Waals surface area contributed by atoms with Crippen LogP contribution in [0.1, 0.15) is 56.7 Å². The summed E-state index contributed by atoms with van der Waals surface area (Å²) in [4.78, 5) is 8.08. The van der Waals surface area contributed by atoms with E-state index in [1.807, 2.05) is 50.2 Å². The fourth-order valence-electron chi connectivity index (χ4n) is 3.46. The van der Waals surface area contributed by atoms with Gasteiger partial charge in [-0.2, -0.15) is 18.2 Å². The van der Waals surface area contributed by atoms with Crippen LogP contribution in [-0.4, -0.2) is 9.97 Å². The van der Waals surface area contributed by atoms with E-state index < -0.39 is 11.7 Å². The van der Waals surface area contributed by atoms with Crippen molar-refractivity contribution < 1.29 is 13.2 Å². The molecule has 0 saturated heterocycles. The number of nitrogens with zero attached hydrogens (tertiary/aromatic N) is 2. The van der Waals surface area contributed by atoms with Crippen LogP contribution >= 0.6 is 0 Å². The highest BCUT2D eigenvalue weighted by molar-refractivity contribution is 5.66. The van der Waals surface area contributed by atoms with E-state index in [0.717, 1.165) is 24.6 Å². The van der Waals surface area contributed by atoms with Gasteiger partial charge >= 0.3 is 6.18 Å². The van der Waals surface area contributed by atoms with Crippen molar-refractivity contribution in [1.82, 2.24) is 9.97 Å². The standard InChI is InChI=1S/C25H29F3N4/c1-5-17(4)20-8-6-7-9-22(20)31-23-21(25(26,27)28)15-29-24(32-23)30-19-12-10-18(11-13-19)14-16(2)3/h6-13,15-17H,5,14H2,1-4H3,(H2,29,30,31,32). The maximum absolute atomic E-state index is 13.6. The normalized spacial score (nSPS) is 12.6. The van der Waals surface area contributed by atoms with E-state index in [4.69, 9.17) is 0 Å². The van der Waals surface area contributed by atoms with E-state index in [9.17, 15) is 13.2 Å². The smallest absolute Gasteiger partial charge is 0.339 e. The van der Waals surface area contributed by atoms with Gasteiger partial charge in [0.1, 0.15) is 11.4 Å². The van der Waals surface area contributed by atoms with Crippen molar-refractivity contribution in [2.45, 2.75) is 52.6 Å². The molecule has 170 valence electrons. The van der Waals surface area contributed by atoms with Crippen molar-refractivity contribution in [3.8, 4) is 0 Å². The zero-order chi connectivity index (χ0) is 23.3. The summed E-state index contributed by atoms with van der Waals surface area (Å²) >= 11 is 0. The summed E-state index contributed by atoms with van der Waals surface area (Å²) in [6.45, 7) is 8.38. The van der Waals surface area contributed by atoms with Gasteiger partial charge in [0.05, 0.1) is 0 Å². The van der Waals surface area contributed by atoms with Gasteiger partial charge in [-0.25, -0.2) is 4.98 Å². The highest BCUT2D eigenvalue weighted by Crippen LogP contribution is 2.37. The molecule has 0 aliphatic rings. The summed E-state index contributed by atoms with van der Waals surface area (Å²) in [6.07, 6.45) is -1.93. The molecule has 3 aromatic rings. The molecule has 2 aromatic carbocycles. The lowest BCUT2D eigenvalue weighted by molar-refractivity contribution is -0.137. The molecule has 0 radical (unpaired) electrons. The van der Waals surface area contributed by atoms with Gasteiger partial charge < -0.3 is 10.6 Å². The molecule has 4 nitrogen and oxygen atoms in total. The molecule has 0 aliphatic carbocycles. The predicted molar refractivity (Wildman–Crippen MR) is 124 cm³/mol. The average Bonchev–Trinajstić information content (AvgIpc) is 2.74. The molecule has 1 aromatic heterocycles. The Balaban J connectivity index is 1.91. The summed E-state index contributed by atoms with van der Waals surface area (Å²) in [5.41, 5.74) is 2.55. The second-order valence-electron chi connectivity index (χ2n) is 8.40. The summed E-state index contributed by atoms with van der Waals surface area (Å²) < 4.78 is 40.9. The molecule has 32 heavy (non-hydrogen) atoms. The van der Waals surface area contributed by atoms with Crippen LogP contribution in [0.3, 0.4) is 0 Å². The highest BCUT2D eigenvalue weighted by atomic mass is 19.4.